The molecule has 1 saturated carbocycles. The van der Waals surface area contributed by atoms with Crippen molar-refractivity contribution in [3.63, 3.8) is 0 Å². The lowest BCUT2D eigenvalue weighted by atomic mass is 9.84. The van der Waals surface area contributed by atoms with Crippen LogP contribution in [0.4, 0.5) is 8.78 Å². The number of hydrogen-bond donors (Lipinski definition) is 0. The summed E-state index contributed by atoms with van der Waals surface area (Å²) in [5.41, 5.74) is 1.57. The molecule has 138 valence electrons. The Morgan fingerprint density at radius 1 is 1.35 bits per heavy atom. The van der Waals surface area contributed by atoms with Gasteiger partial charge in [-0.2, -0.15) is 0 Å². The van der Waals surface area contributed by atoms with E-state index in [1.54, 1.807) is 17.7 Å². The van der Waals surface area contributed by atoms with Gasteiger partial charge in [0, 0.05) is 22.0 Å². The number of fused-ring (bicyclic) bond motifs is 1. The standard InChI is InChI=1S/C18H19BrF2N2OSSi/c1-26(2,3)16-7-15(23-24-16)18-8-14(18)17(9-20,22-10-25-18)12-6-11(19)4-5-13(12)21/h4-7,10,14H,8-9H2,1-3H3/t14-,17+,18-/m0/s1. The van der Waals surface area contributed by atoms with Crippen LogP contribution in [0, 0.1) is 11.7 Å². The van der Waals surface area contributed by atoms with Gasteiger partial charge in [-0.25, -0.2) is 8.78 Å². The fourth-order valence-corrected chi connectivity index (χ4v) is 6.21. The summed E-state index contributed by atoms with van der Waals surface area (Å²) in [6, 6.07) is 6.63. The number of aromatic nitrogens is 1. The summed E-state index contributed by atoms with van der Waals surface area (Å²) in [6.07, 6.45) is 0.700. The lowest BCUT2D eigenvalue weighted by molar-refractivity contribution is 0.263. The van der Waals surface area contributed by atoms with Gasteiger partial charge >= 0.3 is 0 Å². The molecule has 0 saturated heterocycles. The summed E-state index contributed by atoms with van der Waals surface area (Å²) in [5.74, 6) is -0.586. The number of aliphatic imine (C=N–C) groups is 1. The van der Waals surface area contributed by atoms with Crippen molar-refractivity contribution in [3.05, 3.63) is 45.8 Å². The smallest absolute Gasteiger partial charge is 0.129 e. The number of alkyl halides is 1. The second kappa shape index (κ2) is 6.00. The highest BCUT2D eigenvalue weighted by Crippen LogP contribution is 2.70. The minimum atomic E-state index is -1.63. The first-order valence-corrected chi connectivity index (χ1v) is 13.6. The molecule has 0 bridgehead atoms. The van der Waals surface area contributed by atoms with E-state index in [1.807, 2.05) is 6.07 Å². The van der Waals surface area contributed by atoms with Crippen molar-refractivity contribution in [2.45, 2.75) is 36.3 Å². The monoisotopic (exact) mass is 456 g/mol. The predicted octanol–water partition coefficient (Wildman–Crippen LogP) is 4.98. The third kappa shape index (κ3) is 2.64. The Hall–Kier alpha value is -0.993. The molecule has 1 fully saturated rings. The minimum Gasteiger partial charge on any atom is -0.366 e. The summed E-state index contributed by atoms with van der Waals surface area (Å²) in [6.45, 7) is 5.83. The first kappa shape index (κ1) is 18.4. The van der Waals surface area contributed by atoms with Gasteiger partial charge in [-0.3, -0.25) is 4.99 Å². The van der Waals surface area contributed by atoms with Crippen LogP contribution in [0.5, 0.6) is 0 Å². The van der Waals surface area contributed by atoms with E-state index in [-0.39, 0.29) is 10.7 Å². The van der Waals surface area contributed by atoms with Crippen LogP contribution in [-0.2, 0) is 10.3 Å². The van der Waals surface area contributed by atoms with E-state index in [4.69, 9.17) is 4.52 Å². The van der Waals surface area contributed by atoms with Crippen LogP contribution in [0.3, 0.4) is 0 Å². The molecule has 2 heterocycles. The first-order valence-electron chi connectivity index (χ1n) is 8.44. The van der Waals surface area contributed by atoms with Crippen molar-refractivity contribution >= 4 is 46.7 Å². The molecule has 8 heteroatoms. The molecule has 0 amide bonds. The average Bonchev–Trinajstić information content (AvgIpc) is 3.13. The Balaban J connectivity index is 1.77. The molecule has 0 spiro atoms. The second-order valence-corrected chi connectivity index (χ2v) is 15.1. The number of thioether (sulfide) groups is 1. The van der Waals surface area contributed by atoms with Gasteiger partial charge in [-0.1, -0.05) is 40.7 Å². The average molecular weight is 457 g/mol. The number of halogens is 3. The van der Waals surface area contributed by atoms with E-state index in [2.05, 4.69) is 45.7 Å². The maximum absolute atomic E-state index is 14.6. The third-order valence-electron chi connectivity index (χ3n) is 5.31. The lowest BCUT2D eigenvalue weighted by Crippen LogP contribution is -2.37. The van der Waals surface area contributed by atoms with Gasteiger partial charge in [0.05, 0.1) is 10.3 Å². The molecule has 1 aromatic carbocycles. The highest BCUT2D eigenvalue weighted by Gasteiger charge is 2.69. The van der Waals surface area contributed by atoms with Gasteiger partial charge < -0.3 is 4.52 Å². The predicted molar refractivity (Wildman–Crippen MR) is 107 cm³/mol. The zero-order chi connectivity index (χ0) is 18.7. The molecule has 2 aromatic rings. The van der Waals surface area contributed by atoms with Gasteiger partial charge in [-0.05, 0) is 24.6 Å². The molecule has 0 unspecified atom stereocenters. The van der Waals surface area contributed by atoms with Crippen LogP contribution in [0.25, 0.3) is 0 Å². The zero-order valence-corrected chi connectivity index (χ0v) is 18.1. The molecular weight excluding hydrogens is 438 g/mol. The first-order chi connectivity index (χ1) is 12.2. The zero-order valence-electron chi connectivity index (χ0n) is 14.7. The Morgan fingerprint density at radius 2 is 2.12 bits per heavy atom. The molecule has 3 nitrogen and oxygen atoms in total. The van der Waals surface area contributed by atoms with Gasteiger partial charge in [-0.15, -0.1) is 11.8 Å². The molecular formula is C18H19BrF2N2OSSi. The molecule has 26 heavy (non-hydrogen) atoms. The molecule has 1 aliphatic heterocycles. The molecule has 0 radical (unpaired) electrons. The lowest BCUT2D eigenvalue weighted by Gasteiger charge is -2.33. The normalized spacial score (nSPS) is 30.3. The van der Waals surface area contributed by atoms with E-state index < -0.39 is 26.1 Å². The van der Waals surface area contributed by atoms with Gasteiger partial charge in [0.15, 0.2) is 0 Å². The fourth-order valence-electron chi connectivity index (χ4n) is 3.69. The summed E-state index contributed by atoms with van der Waals surface area (Å²) >= 11 is 4.90. The van der Waals surface area contributed by atoms with Crippen molar-refractivity contribution in [2.24, 2.45) is 10.9 Å². The quantitative estimate of drug-likeness (QED) is 0.609. The summed E-state index contributed by atoms with van der Waals surface area (Å²) in [4.78, 5) is 4.45. The van der Waals surface area contributed by atoms with Crippen LogP contribution < -0.4 is 5.38 Å². The van der Waals surface area contributed by atoms with E-state index in [1.165, 1.54) is 17.8 Å². The van der Waals surface area contributed by atoms with Crippen molar-refractivity contribution in [2.75, 3.05) is 6.67 Å². The summed E-state index contributed by atoms with van der Waals surface area (Å²) < 4.78 is 34.8. The Bertz CT molecular complexity index is 900. The Morgan fingerprint density at radius 3 is 2.77 bits per heavy atom. The fraction of sp³-hybridized carbons (Fsp3) is 0.444. The van der Waals surface area contributed by atoms with E-state index in [9.17, 15) is 8.78 Å². The third-order valence-corrected chi connectivity index (χ3v) is 8.81. The second-order valence-electron chi connectivity index (χ2n) is 8.01. The van der Waals surface area contributed by atoms with Crippen molar-refractivity contribution in [1.82, 2.24) is 5.16 Å². The Labute approximate surface area is 164 Å². The summed E-state index contributed by atoms with van der Waals surface area (Å²) in [7, 11) is -1.63. The number of rotatable bonds is 4. The van der Waals surface area contributed by atoms with Crippen LogP contribution in [-0.4, -0.2) is 25.5 Å². The van der Waals surface area contributed by atoms with Gasteiger partial charge in [0.25, 0.3) is 0 Å². The number of nitrogens with zero attached hydrogens (tertiary/aromatic N) is 2. The maximum atomic E-state index is 14.6. The molecule has 4 rings (SSSR count). The minimum absolute atomic E-state index is 0.154. The summed E-state index contributed by atoms with van der Waals surface area (Å²) in [5, 5.41) is 5.23. The van der Waals surface area contributed by atoms with E-state index >= 15 is 0 Å². The molecule has 0 N–H and O–H groups in total. The highest BCUT2D eigenvalue weighted by atomic mass is 79.9. The largest absolute Gasteiger partial charge is 0.366 e. The molecule has 1 aliphatic carbocycles. The van der Waals surface area contributed by atoms with Crippen LogP contribution in [0.15, 0.2) is 38.3 Å². The van der Waals surface area contributed by atoms with Crippen molar-refractivity contribution < 1.29 is 13.3 Å². The van der Waals surface area contributed by atoms with E-state index in [0.29, 0.717) is 16.5 Å². The van der Waals surface area contributed by atoms with Gasteiger partial charge in [0.2, 0.25) is 0 Å². The highest BCUT2D eigenvalue weighted by molar-refractivity contribution is 9.10. The van der Waals surface area contributed by atoms with Crippen molar-refractivity contribution in [3.8, 4) is 0 Å². The van der Waals surface area contributed by atoms with Gasteiger partial charge in [0.1, 0.15) is 37.2 Å². The van der Waals surface area contributed by atoms with Crippen LogP contribution in [0.2, 0.25) is 19.6 Å². The SMILES string of the molecule is C[Si](C)(C)c1cc([C@]23C[C@H]2[C@@](CF)(c2cc(Br)ccc2F)N=CS3)no1. The Kier molecular flexibility index (Phi) is 4.24. The number of hydrogen-bond acceptors (Lipinski definition) is 4. The molecule has 2 aliphatic rings. The van der Waals surface area contributed by atoms with Crippen LogP contribution >= 0.6 is 27.7 Å². The van der Waals surface area contributed by atoms with E-state index in [0.717, 1.165) is 11.1 Å². The van der Waals surface area contributed by atoms with Crippen LogP contribution in [0.1, 0.15) is 17.7 Å². The van der Waals surface area contributed by atoms with Crippen molar-refractivity contribution in [1.29, 1.82) is 0 Å². The topological polar surface area (TPSA) is 38.4 Å². The maximum Gasteiger partial charge on any atom is 0.129 e. The molecule has 1 aromatic heterocycles. The molecule has 3 atom stereocenters. The number of benzene rings is 1.